The second-order valence-electron chi connectivity index (χ2n) is 4.48. The standard InChI is InChI=1S/C14H18F2N4O/c1-3-20-13(18-9-19-20)8-12(17-2)10-4-6-11(7-5-10)21-14(15)16/h4-7,9,12,14,17H,3,8H2,1-2H3. The molecule has 0 aliphatic heterocycles. The Labute approximate surface area is 121 Å². The summed E-state index contributed by atoms with van der Waals surface area (Å²) in [6.07, 6.45) is 2.20. The molecule has 1 atom stereocenters. The summed E-state index contributed by atoms with van der Waals surface area (Å²) in [6, 6.07) is 6.64. The number of likely N-dealkylation sites (N-methyl/N-ethyl adjacent to an activating group) is 1. The SMILES string of the molecule is CCn1ncnc1CC(NC)c1ccc(OC(F)F)cc1. The van der Waals surface area contributed by atoms with Gasteiger partial charge in [-0.15, -0.1) is 0 Å². The van der Waals surface area contributed by atoms with Crippen LogP contribution in [0.4, 0.5) is 8.78 Å². The van der Waals surface area contributed by atoms with Crippen molar-refractivity contribution in [1.82, 2.24) is 20.1 Å². The molecule has 0 aliphatic rings. The molecule has 0 aliphatic carbocycles. The maximum atomic E-state index is 12.1. The van der Waals surface area contributed by atoms with Gasteiger partial charge >= 0.3 is 6.61 Å². The third kappa shape index (κ3) is 3.98. The maximum absolute atomic E-state index is 12.1. The third-order valence-electron chi connectivity index (χ3n) is 3.24. The van der Waals surface area contributed by atoms with Crippen molar-refractivity contribution in [1.29, 1.82) is 0 Å². The van der Waals surface area contributed by atoms with Crippen molar-refractivity contribution in [3.05, 3.63) is 42.0 Å². The number of alkyl halides is 2. The van der Waals surface area contributed by atoms with E-state index in [2.05, 4.69) is 20.1 Å². The van der Waals surface area contributed by atoms with Crippen LogP contribution in [-0.4, -0.2) is 28.4 Å². The quantitative estimate of drug-likeness (QED) is 0.852. The fraction of sp³-hybridized carbons (Fsp3) is 0.429. The number of nitrogens with zero attached hydrogens (tertiary/aromatic N) is 3. The van der Waals surface area contributed by atoms with Crippen LogP contribution in [0, 0.1) is 0 Å². The molecule has 0 radical (unpaired) electrons. The van der Waals surface area contributed by atoms with E-state index < -0.39 is 6.61 Å². The molecule has 0 bridgehead atoms. The van der Waals surface area contributed by atoms with Crippen molar-refractivity contribution >= 4 is 0 Å². The molecule has 1 aromatic carbocycles. The normalized spacial score (nSPS) is 12.6. The van der Waals surface area contributed by atoms with Crippen LogP contribution in [0.2, 0.25) is 0 Å². The zero-order valence-corrected chi connectivity index (χ0v) is 12.0. The van der Waals surface area contributed by atoms with E-state index in [0.717, 1.165) is 17.9 Å². The number of nitrogens with one attached hydrogen (secondary N) is 1. The molecule has 0 saturated carbocycles. The number of halogens is 2. The second-order valence-corrected chi connectivity index (χ2v) is 4.48. The number of hydrogen-bond donors (Lipinski definition) is 1. The first-order valence-corrected chi connectivity index (χ1v) is 6.72. The average Bonchev–Trinajstić information content (AvgIpc) is 2.92. The highest BCUT2D eigenvalue weighted by Crippen LogP contribution is 2.21. The number of benzene rings is 1. The molecule has 1 heterocycles. The Morgan fingerprint density at radius 2 is 2.00 bits per heavy atom. The summed E-state index contributed by atoms with van der Waals surface area (Å²) in [5, 5.41) is 7.34. The van der Waals surface area contributed by atoms with Crippen molar-refractivity contribution < 1.29 is 13.5 Å². The molecule has 21 heavy (non-hydrogen) atoms. The first-order valence-electron chi connectivity index (χ1n) is 6.72. The molecule has 0 saturated heterocycles. The van der Waals surface area contributed by atoms with Crippen LogP contribution in [0.1, 0.15) is 24.4 Å². The lowest BCUT2D eigenvalue weighted by atomic mass is 10.0. The summed E-state index contributed by atoms with van der Waals surface area (Å²) >= 11 is 0. The molecule has 5 nitrogen and oxygen atoms in total. The summed E-state index contributed by atoms with van der Waals surface area (Å²) < 4.78 is 30.4. The second kappa shape index (κ2) is 7.12. The van der Waals surface area contributed by atoms with Crippen LogP contribution < -0.4 is 10.1 Å². The van der Waals surface area contributed by atoms with Crippen LogP contribution in [0.5, 0.6) is 5.75 Å². The summed E-state index contributed by atoms with van der Waals surface area (Å²) in [7, 11) is 1.85. The predicted molar refractivity (Wildman–Crippen MR) is 74.3 cm³/mol. The van der Waals surface area contributed by atoms with Gasteiger partial charge in [0.2, 0.25) is 0 Å². The smallest absolute Gasteiger partial charge is 0.387 e. The van der Waals surface area contributed by atoms with Gasteiger partial charge in [-0.25, -0.2) is 4.98 Å². The fourth-order valence-corrected chi connectivity index (χ4v) is 2.16. The molecule has 7 heteroatoms. The Morgan fingerprint density at radius 3 is 2.57 bits per heavy atom. The van der Waals surface area contributed by atoms with E-state index in [-0.39, 0.29) is 11.8 Å². The monoisotopic (exact) mass is 296 g/mol. The van der Waals surface area contributed by atoms with Gasteiger partial charge in [0.05, 0.1) is 0 Å². The number of ether oxygens (including phenoxy) is 1. The number of hydrogen-bond acceptors (Lipinski definition) is 4. The molecule has 1 N–H and O–H groups in total. The summed E-state index contributed by atoms with van der Waals surface area (Å²) in [5.74, 6) is 1.03. The fourth-order valence-electron chi connectivity index (χ4n) is 2.16. The largest absolute Gasteiger partial charge is 0.435 e. The Kier molecular flexibility index (Phi) is 5.21. The van der Waals surface area contributed by atoms with Gasteiger partial charge in [0, 0.05) is 19.0 Å². The van der Waals surface area contributed by atoms with Crippen LogP contribution in [0.3, 0.4) is 0 Å². The Balaban J connectivity index is 2.10. The lowest BCUT2D eigenvalue weighted by Gasteiger charge is -2.17. The highest BCUT2D eigenvalue weighted by Gasteiger charge is 2.14. The first kappa shape index (κ1) is 15.4. The van der Waals surface area contributed by atoms with Gasteiger partial charge in [-0.05, 0) is 31.7 Å². The van der Waals surface area contributed by atoms with E-state index in [9.17, 15) is 8.78 Å². The summed E-state index contributed by atoms with van der Waals surface area (Å²) in [4.78, 5) is 4.25. The topological polar surface area (TPSA) is 52.0 Å². The van der Waals surface area contributed by atoms with Gasteiger partial charge in [-0.3, -0.25) is 4.68 Å². The minimum atomic E-state index is -2.81. The van der Waals surface area contributed by atoms with E-state index in [1.54, 1.807) is 12.1 Å². The minimum absolute atomic E-state index is 0.0279. The van der Waals surface area contributed by atoms with Gasteiger partial charge in [-0.1, -0.05) is 12.1 Å². The highest BCUT2D eigenvalue weighted by atomic mass is 19.3. The molecule has 1 unspecified atom stereocenters. The number of aromatic nitrogens is 3. The number of rotatable bonds is 7. The van der Waals surface area contributed by atoms with Crippen LogP contribution in [0.15, 0.2) is 30.6 Å². The third-order valence-corrected chi connectivity index (χ3v) is 3.24. The lowest BCUT2D eigenvalue weighted by molar-refractivity contribution is -0.0498. The van der Waals surface area contributed by atoms with Crippen molar-refractivity contribution in [2.24, 2.45) is 0 Å². The number of aryl methyl sites for hydroxylation is 1. The molecular weight excluding hydrogens is 278 g/mol. The van der Waals surface area contributed by atoms with Crippen LogP contribution in [0.25, 0.3) is 0 Å². The molecule has 2 rings (SSSR count). The van der Waals surface area contributed by atoms with Crippen molar-refractivity contribution in [3.63, 3.8) is 0 Å². The van der Waals surface area contributed by atoms with Gasteiger partial charge < -0.3 is 10.1 Å². The molecule has 1 aromatic heterocycles. The molecule has 0 spiro atoms. The zero-order chi connectivity index (χ0) is 15.2. The Hall–Kier alpha value is -2.02. The molecular formula is C14H18F2N4O. The predicted octanol–water partition coefficient (Wildman–Crippen LogP) is 2.40. The van der Waals surface area contributed by atoms with E-state index in [4.69, 9.17) is 0 Å². The van der Waals surface area contributed by atoms with E-state index in [0.29, 0.717) is 6.42 Å². The molecule has 114 valence electrons. The van der Waals surface area contributed by atoms with Gasteiger partial charge in [0.15, 0.2) is 0 Å². The average molecular weight is 296 g/mol. The lowest BCUT2D eigenvalue weighted by Crippen LogP contribution is -2.21. The first-order chi connectivity index (χ1) is 10.1. The zero-order valence-electron chi connectivity index (χ0n) is 12.0. The van der Waals surface area contributed by atoms with Crippen LogP contribution in [-0.2, 0) is 13.0 Å². The Morgan fingerprint density at radius 1 is 1.29 bits per heavy atom. The van der Waals surface area contributed by atoms with Crippen LogP contribution >= 0.6 is 0 Å². The molecule has 2 aromatic rings. The molecule has 0 amide bonds. The highest BCUT2D eigenvalue weighted by molar-refractivity contribution is 5.29. The van der Waals surface area contributed by atoms with Gasteiger partial charge in [-0.2, -0.15) is 13.9 Å². The minimum Gasteiger partial charge on any atom is -0.435 e. The van der Waals surface area contributed by atoms with E-state index in [1.165, 1.54) is 18.5 Å². The van der Waals surface area contributed by atoms with Crippen molar-refractivity contribution in [2.45, 2.75) is 32.5 Å². The summed E-state index contributed by atoms with van der Waals surface area (Å²) in [6.45, 7) is -0.0465. The van der Waals surface area contributed by atoms with Gasteiger partial charge in [0.25, 0.3) is 0 Å². The van der Waals surface area contributed by atoms with Crippen molar-refractivity contribution in [3.8, 4) is 5.75 Å². The summed E-state index contributed by atoms with van der Waals surface area (Å²) in [5.41, 5.74) is 0.977. The van der Waals surface area contributed by atoms with E-state index in [1.807, 2.05) is 18.7 Å². The van der Waals surface area contributed by atoms with E-state index >= 15 is 0 Å². The maximum Gasteiger partial charge on any atom is 0.387 e. The molecule has 0 fully saturated rings. The van der Waals surface area contributed by atoms with Crippen molar-refractivity contribution in [2.75, 3.05) is 7.05 Å². The van der Waals surface area contributed by atoms with Gasteiger partial charge in [0.1, 0.15) is 17.9 Å². The Bertz CT molecular complexity index is 556.